The van der Waals surface area contributed by atoms with Gasteiger partial charge in [-0.15, -0.1) is 0 Å². The van der Waals surface area contributed by atoms with Crippen LogP contribution in [-0.4, -0.2) is 38.0 Å². The quantitative estimate of drug-likeness (QED) is 0.904. The predicted molar refractivity (Wildman–Crippen MR) is 80.7 cm³/mol. The molecule has 0 amide bonds. The number of methoxy groups -OCH3 is 1. The van der Waals surface area contributed by atoms with Gasteiger partial charge in [0.25, 0.3) is 0 Å². The van der Waals surface area contributed by atoms with Gasteiger partial charge in [0.1, 0.15) is 10.6 Å². The van der Waals surface area contributed by atoms with E-state index in [0.29, 0.717) is 5.56 Å². The molecule has 0 radical (unpaired) electrons. The van der Waals surface area contributed by atoms with Crippen molar-refractivity contribution in [2.45, 2.75) is 49.6 Å². The van der Waals surface area contributed by atoms with Crippen LogP contribution in [0.15, 0.2) is 23.1 Å². The molecular weight excluding hydrogens is 290 g/mol. The lowest BCUT2D eigenvalue weighted by atomic mass is 9.96. The molecule has 1 saturated carbocycles. The largest absolute Gasteiger partial charge is 0.495 e. The van der Waals surface area contributed by atoms with E-state index < -0.39 is 10.0 Å². The Morgan fingerprint density at radius 3 is 2.52 bits per heavy atom. The summed E-state index contributed by atoms with van der Waals surface area (Å²) < 4.78 is 32.3. The standard InChI is InChI=1S/C15H23NO4S/c1-16(13-6-4-3-5-7-13)21(18,19)15-9-8-12(11-17)10-14(15)20-2/h8-10,13,17H,3-7,11H2,1-2H3. The fourth-order valence-electron chi connectivity index (χ4n) is 2.82. The van der Waals surface area contributed by atoms with Gasteiger partial charge in [0.15, 0.2) is 0 Å². The Morgan fingerprint density at radius 2 is 1.95 bits per heavy atom. The summed E-state index contributed by atoms with van der Waals surface area (Å²) in [7, 11) is -0.495. The van der Waals surface area contributed by atoms with Crippen LogP contribution in [-0.2, 0) is 16.6 Å². The van der Waals surface area contributed by atoms with Crippen LogP contribution in [0, 0.1) is 0 Å². The zero-order valence-corrected chi connectivity index (χ0v) is 13.4. The van der Waals surface area contributed by atoms with E-state index in [9.17, 15) is 8.42 Å². The van der Waals surface area contributed by atoms with E-state index in [1.165, 1.54) is 23.9 Å². The highest BCUT2D eigenvalue weighted by Gasteiger charge is 2.31. The normalized spacial score (nSPS) is 17.1. The van der Waals surface area contributed by atoms with Gasteiger partial charge in [-0.05, 0) is 30.5 Å². The number of ether oxygens (including phenoxy) is 1. The van der Waals surface area contributed by atoms with Crippen molar-refractivity contribution >= 4 is 10.0 Å². The number of benzene rings is 1. The molecule has 0 unspecified atom stereocenters. The van der Waals surface area contributed by atoms with Crippen molar-refractivity contribution in [3.8, 4) is 5.75 Å². The predicted octanol–water partition coefficient (Wildman–Crippen LogP) is 2.14. The number of aliphatic hydroxyl groups is 1. The summed E-state index contributed by atoms with van der Waals surface area (Å²) in [5, 5.41) is 9.15. The molecule has 21 heavy (non-hydrogen) atoms. The highest BCUT2D eigenvalue weighted by Crippen LogP contribution is 2.31. The second kappa shape index (κ2) is 6.77. The van der Waals surface area contributed by atoms with E-state index >= 15 is 0 Å². The van der Waals surface area contributed by atoms with Crippen LogP contribution in [0.4, 0.5) is 0 Å². The number of rotatable bonds is 5. The minimum Gasteiger partial charge on any atom is -0.495 e. The van der Waals surface area contributed by atoms with Crippen molar-refractivity contribution < 1.29 is 18.3 Å². The Labute approximate surface area is 126 Å². The van der Waals surface area contributed by atoms with Crippen LogP contribution in [0.2, 0.25) is 0 Å². The molecule has 6 heteroatoms. The SMILES string of the molecule is COc1cc(CO)ccc1S(=O)(=O)N(C)C1CCCCC1. The van der Waals surface area contributed by atoms with Crippen molar-refractivity contribution in [1.29, 1.82) is 0 Å². The fraction of sp³-hybridized carbons (Fsp3) is 0.600. The zero-order chi connectivity index (χ0) is 15.5. The summed E-state index contributed by atoms with van der Waals surface area (Å²) in [6, 6.07) is 4.76. The van der Waals surface area contributed by atoms with E-state index in [-0.39, 0.29) is 23.3 Å². The third-order valence-corrected chi connectivity index (χ3v) is 6.11. The molecule has 1 aliphatic carbocycles. The van der Waals surface area contributed by atoms with Crippen molar-refractivity contribution in [3.05, 3.63) is 23.8 Å². The third kappa shape index (κ3) is 3.39. The molecule has 0 spiro atoms. The Bertz CT molecular complexity index is 579. The highest BCUT2D eigenvalue weighted by atomic mass is 32.2. The van der Waals surface area contributed by atoms with Gasteiger partial charge in [-0.2, -0.15) is 4.31 Å². The van der Waals surface area contributed by atoms with E-state index in [0.717, 1.165) is 25.7 Å². The number of hydrogen-bond acceptors (Lipinski definition) is 4. The summed E-state index contributed by atoms with van der Waals surface area (Å²) in [6.45, 7) is -0.144. The minimum absolute atomic E-state index is 0.0611. The first-order valence-corrected chi connectivity index (χ1v) is 8.70. The first kappa shape index (κ1) is 16.3. The maximum atomic E-state index is 12.8. The zero-order valence-electron chi connectivity index (χ0n) is 12.6. The van der Waals surface area contributed by atoms with Crippen LogP contribution in [0.5, 0.6) is 5.75 Å². The van der Waals surface area contributed by atoms with Gasteiger partial charge in [0.2, 0.25) is 10.0 Å². The molecule has 1 fully saturated rings. The molecule has 0 saturated heterocycles. The lowest BCUT2D eigenvalue weighted by molar-refractivity contribution is 0.279. The summed E-state index contributed by atoms with van der Waals surface area (Å²) in [4.78, 5) is 0.162. The second-order valence-electron chi connectivity index (χ2n) is 5.46. The second-order valence-corrected chi connectivity index (χ2v) is 7.42. The van der Waals surface area contributed by atoms with Crippen molar-refractivity contribution in [2.75, 3.05) is 14.2 Å². The lowest BCUT2D eigenvalue weighted by Crippen LogP contribution is -2.38. The smallest absolute Gasteiger partial charge is 0.246 e. The van der Waals surface area contributed by atoms with E-state index in [2.05, 4.69) is 0 Å². The maximum absolute atomic E-state index is 12.8. The molecular formula is C15H23NO4S. The molecule has 0 aliphatic heterocycles. The molecule has 5 nitrogen and oxygen atoms in total. The summed E-state index contributed by atoms with van der Waals surface area (Å²) in [6.07, 6.45) is 5.15. The molecule has 1 N–H and O–H groups in total. The molecule has 0 heterocycles. The third-order valence-electron chi connectivity index (χ3n) is 4.16. The Morgan fingerprint density at radius 1 is 1.29 bits per heavy atom. The van der Waals surface area contributed by atoms with Gasteiger partial charge >= 0.3 is 0 Å². The average Bonchev–Trinajstić information content (AvgIpc) is 2.54. The van der Waals surface area contributed by atoms with Crippen LogP contribution in [0.1, 0.15) is 37.7 Å². The molecule has 0 aromatic heterocycles. The van der Waals surface area contributed by atoms with E-state index in [1.807, 2.05) is 0 Å². The van der Waals surface area contributed by atoms with Gasteiger partial charge in [-0.25, -0.2) is 8.42 Å². The summed E-state index contributed by atoms with van der Waals surface area (Å²) in [5.74, 6) is 0.282. The van der Waals surface area contributed by atoms with Crippen LogP contribution in [0.3, 0.4) is 0 Å². The number of hydrogen-bond donors (Lipinski definition) is 1. The molecule has 2 rings (SSSR count). The first-order chi connectivity index (χ1) is 10.0. The van der Waals surface area contributed by atoms with Gasteiger partial charge in [-0.1, -0.05) is 25.3 Å². The van der Waals surface area contributed by atoms with Gasteiger partial charge in [0, 0.05) is 13.1 Å². The summed E-state index contributed by atoms with van der Waals surface area (Å²) in [5.41, 5.74) is 0.631. The molecule has 118 valence electrons. The number of aliphatic hydroxyl groups excluding tert-OH is 1. The van der Waals surface area contributed by atoms with Crippen LogP contribution >= 0.6 is 0 Å². The molecule has 1 aromatic carbocycles. The van der Waals surface area contributed by atoms with E-state index in [1.54, 1.807) is 19.2 Å². The fourth-order valence-corrected chi connectivity index (χ4v) is 4.37. The van der Waals surface area contributed by atoms with Crippen molar-refractivity contribution in [2.24, 2.45) is 0 Å². The number of sulfonamides is 1. The summed E-state index contributed by atoms with van der Waals surface area (Å²) >= 11 is 0. The Balaban J connectivity index is 2.34. The highest BCUT2D eigenvalue weighted by molar-refractivity contribution is 7.89. The van der Waals surface area contributed by atoms with Gasteiger partial charge < -0.3 is 9.84 Å². The van der Waals surface area contributed by atoms with E-state index in [4.69, 9.17) is 9.84 Å². The maximum Gasteiger partial charge on any atom is 0.246 e. The topological polar surface area (TPSA) is 66.8 Å². The number of nitrogens with zero attached hydrogens (tertiary/aromatic N) is 1. The molecule has 0 atom stereocenters. The molecule has 1 aliphatic rings. The Kier molecular flexibility index (Phi) is 5.24. The van der Waals surface area contributed by atoms with Crippen LogP contribution in [0.25, 0.3) is 0 Å². The first-order valence-electron chi connectivity index (χ1n) is 7.26. The minimum atomic E-state index is -3.58. The van der Waals surface area contributed by atoms with Gasteiger partial charge in [-0.3, -0.25) is 0 Å². The Hall–Kier alpha value is -1.11. The lowest BCUT2D eigenvalue weighted by Gasteiger charge is -2.30. The van der Waals surface area contributed by atoms with Gasteiger partial charge in [0.05, 0.1) is 13.7 Å². The van der Waals surface area contributed by atoms with Crippen molar-refractivity contribution in [3.63, 3.8) is 0 Å². The average molecular weight is 313 g/mol. The monoisotopic (exact) mass is 313 g/mol. The molecule has 0 bridgehead atoms. The van der Waals surface area contributed by atoms with Crippen LogP contribution < -0.4 is 4.74 Å². The molecule has 1 aromatic rings. The van der Waals surface area contributed by atoms with Crippen molar-refractivity contribution in [1.82, 2.24) is 4.31 Å².